The molecule has 5 heteroatoms. The van der Waals surface area contributed by atoms with Gasteiger partial charge in [-0.2, -0.15) is 0 Å². The lowest BCUT2D eigenvalue weighted by Gasteiger charge is -2.18. The molecule has 1 aromatic rings. The highest BCUT2D eigenvalue weighted by atomic mass is 16.6. The van der Waals surface area contributed by atoms with Gasteiger partial charge in [0, 0.05) is 31.6 Å². The molecule has 1 unspecified atom stereocenters. The van der Waals surface area contributed by atoms with Crippen molar-refractivity contribution in [1.29, 1.82) is 0 Å². The van der Waals surface area contributed by atoms with E-state index in [1.165, 1.54) is 0 Å². The smallest absolute Gasteiger partial charge is 0.270 e. The number of hydrogen-bond donors (Lipinski definition) is 0. The summed E-state index contributed by atoms with van der Waals surface area (Å²) in [5.74, 6) is 0.669. The van der Waals surface area contributed by atoms with Crippen molar-refractivity contribution in [3.8, 4) is 0 Å². The second-order valence-corrected chi connectivity index (χ2v) is 6.17. The van der Waals surface area contributed by atoms with Gasteiger partial charge in [0.2, 0.25) is 5.91 Å². The van der Waals surface area contributed by atoms with E-state index in [1.54, 1.807) is 12.1 Å². The van der Waals surface area contributed by atoms with E-state index >= 15 is 0 Å². The average molecular weight is 300 g/mol. The molecule has 0 bridgehead atoms. The number of amides is 1. The topological polar surface area (TPSA) is 63.5 Å². The number of nitro groups is 1. The molecule has 1 heterocycles. The van der Waals surface area contributed by atoms with Gasteiger partial charge in [-0.1, -0.05) is 25.5 Å². The van der Waals surface area contributed by atoms with Gasteiger partial charge in [-0.05, 0) is 35.5 Å². The minimum Gasteiger partial charge on any atom is -0.338 e. The van der Waals surface area contributed by atoms with E-state index in [9.17, 15) is 14.9 Å². The van der Waals surface area contributed by atoms with Crippen molar-refractivity contribution in [2.75, 3.05) is 13.1 Å². The Bertz CT molecular complexity index is 651. The predicted octanol–water partition coefficient (Wildman–Crippen LogP) is 3.18. The Hall–Kier alpha value is -2.17. The summed E-state index contributed by atoms with van der Waals surface area (Å²) in [7, 11) is 0. The Morgan fingerprint density at radius 2 is 2.23 bits per heavy atom. The van der Waals surface area contributed by atoms with Crippen LogP contribution < -0.4 is 0 Å². The number of likely N-dealkylation sites (tertiary alicyclic amines) is 1. The third kappa shape index (κ3) is 2.75. The molecule has 5 nitrogen and oxygen atoms in total. The number of benzene rings is 1. The maximum Gasteiger partial charge on any atom is 0.270 e. The summed E-state index contributed by atoms with van der Waals surface area (Å²) in [6.45, 7) is 3.53. The van der Waals surface area contributed by atoms with Crippen molar-refractivity contribution in [2.45, 2.75) is 32.6 Å². The molecular weight excluding hydrogens is 280 g/mol. The fourth-order valence-corrected chi connectivity index (χ4v) is 3.46. The summed E-state index contributed by atoms with van der Waals surface area (Å²) in [6, 6.07) is 5.01. The van der Waals surface area contributed by atoms with Crippen LogP contribution in [-0.4, -0.2) is 28.8 Å². The average Bonchev–Trinajstić information content (AvgIpc) is 3.04. The van der Waals surface area contributed by atoms with Crippen LogP contribution in [0.2, 0.25) is 0 Å². The molecule has 1 aromatic carbocycles. The van der Waals surface area contributed by atoms with E-state index < -0.39 is 0 Å². The number of fused-ring (bicyclic) bond motifs is 1. The van der Waals surface area contributed by atoms with E-state index in [-0.39, 0.29) is 16.5 Å². The van der Waals surface area contributed by atoms with Crippen LogP contribution in [-0.2, 0) is 11.2 Å². The molecule has 1 aliphatic carbocycles. The largest absolute Gasteiger partial charge is 0.338 e. The number of carbonyl (C=O) groups is 1. The van der Waals surface area contributed by atoms with E-state index in [4.69, 9.17) is 0 Å². The molecule has 116 valence electrons. The second-order valence-electron chi connectivity index (χ2n) is 6.17. The molecular formula is C17H20N2O3. The van der Waals surface area contributed by atoms with Gasteiger partial charge in [-0.25, -0.2) is 0 Å². The van der Waals surface area contributed by atoms with Crippen LogP contribution in [0.3, 0.4) is 0 Å². The van der Waals surface area contributed by atoms with Gasteiger partial charge in [-0.3, -0.25) is 14.9 Å². The number of hydrogen-bond acceptors (Lipinski definition) is 3. The zero-order valence-corrected chi connectivity index (χ0v) is 12.7. The van der Waals surface area contributed by atoms with E-state index in [2.05, 4.69) is 13.0 Å². The first-order valence-electron chi connectivity index (χ1n) is 7.83. The zero-order chi connectivity index (χ0) is 15.7. The first-order chi connectivity index (χ1) is 10.6. The van der Waals surface area contributed by atoms with Crippen molar-refractivity contribution in [1.82, 2.24) is 4.90 Å². The minimum absolute atomic E-state index is 0.114. The van der Waals surface area contributed by atoms with Gasteiger partial charge in [0.05, 0.1) is 4.92 Å². The Morgan fingerprint density at radius 3 is 2.95 bits per heavy atom. The standard InChI is InChI=1S/C17H20N2O3/c1-2-3-12-8-17(20)18(10-12)11-14-5-4-13-6-7-15(19(21)22)9-16(13)14/h5-7,9,12H,2-4,8,10-11H2,1H3. The molecule has 3 rings (SSSR count). The summed E-state index contributed by atoms with van der Waals surface area (Å²) >= 11 is 0. The minimum atomic E-state index is -0.367. The number of carbonyl (C=O) groups excluding carboxylic acids is 1. The summed E-state index contributed by atoms with van der Waals surface area (Å²) in [5, 5.41) is 10.9. The third-order valence-electron chi connectivity index (χ3n) is 4.57. The highest BCUT2D eigenvalue weighted by molar-refractivity contribution is 5.83. The van der Waals surface area contributed by atoms with E-state index in [0.29, 0.717) is 18.9 Å². The normalized spacial score (nSPS) is 20.2. The molecule has 22 heavy (non-hydrogen) atoms. The van der Waals surface area contributed by atoms with Crippen LogP contribution in [0, 0.1) is 16.0 Å². The van der Waals surface area contributed by atoms with Crippen molar-refractivity contribution in [3.63, 3.8) is 0 Å². The van der Waals surface area contributed by atoms with Crippen molar-refractivity contribution < 1.29 is 9.72 Å². The molecule has 1 aliphatic heterocycles. The Kier molecular flexibility index (Phi) is 3.96. The van der Waals surface area contributed by atoms with E-state index in [1.807, 2.05) is 11.0 Å². The number of non-ortho nitro benzene ring substituents is 1. The molecule has 1 saturated heterocycles. The molecule has 0 N–H and O–H groups in total. The van der Waals surface area contributed by atoms with Crippen molar-refractivity contribution >= 4 is 17.2 Å². The van der Waals surface area contributed by atoms with Crippen LogP contribution in [0.25, 0.3) is 5.57 Å². The molecule has 0 spiro atoms. The first kappa shape index (κ1) is 14.8. The fourth-order valence-electron chi connectivity index (χ4n) is 3.46. The molecule has 0 radical (unpaired) electrons. The number of allylic oxidation sites excluding steroid dienone is 1. The highest BCUT2D eigenvalue weighted by Crippen LogP contribution is 2.33. The van der Waals surface area contributed by atoms with Crippen LogP contribution >= 0.6 is 0 Å². The summed E-state index contributed by atoms with van der Waals surface area (Å²) in [6.07, 6.45) is 5.72. The van der Waals surface area contributed by atoms with Crippen LogP contribution in [0.4, 0.5) is 5.69 Å². The predicted molar refractivity (Wildman–Crippen MR) is 84.4 cm³/mol. The van der Waals surface area contributed by atoms with Crippen molar-refractivity contribution in [3.05, 3.63) is 45.5 Å². The number of nitrogens with zero attached hydrogens (tertiary/aromatic N) is 2. The number of nitro benzene ring substituents is 1. The zero-order valence-electron chi connectivity index (χ0n) is 12.7. The maximum atomic E-state index is 12.1. The summed E-state index contributed by atoms with van der Waals surface area (Å²) in [5.41, 5.74) is 3.20. The second kappa shape index (κ2) is 5.91. The number of rotatable bonds is 5. The Labute approximate surface area is 129 Å². The summed E-state index contributed by atoms with van der Waals surface area (Å²) in [4.78, 5) is 24.6. The lowest BCUT2D eigenvalue weighted by atomic mass is 10.0. The summed E-state index contributed by atoms with van der Waals surface area (Å²) < 4.78 is 0. The molecule has 0 saturated carbocycles. The molecule has 2 aliphatic rings. The Morgan fingerprint density at radius 1 is 1.41 bits per heavy atom. The molecule has 1 atom stereocenters. The quantitative estimate of drug-likeness (QED) is 0.619. The molecule has 1 fully saturated rings. The third-order valence-corrected chi connectivity index (χ3v) is 4.57. The van der Waals surface area contributed by atoms with E-state index in [0.717, 1.165) is 42.5 Å². The fraction of sp³-hybridized carbons (Fsp3) is 0.471. The van der Waals surface area contributed by atoms with Gasteiger partial charge in [0.15, 0.2) is 0 Å². The molecule has 0 aromatic heterocycles. The van der Waals surface area contributed by atoms with Gasteiger partial charge in [0.1, 0.15) is 0 Å². The van der Waals surface area contributed by atoms with Crippen LogP contribution in [0.15, 0.2) is 24.3 Å². The SMILES string of the molecule is CCCC1CC(=O)N(CC2=CCc3ccc([N+](=O)[O-])cc32)C1. The van der Waals surface area contributed by atoms with Crippen LogP contribution in [0.1, 0.15) is 37.3 Å². The van der Waals surface area contributed by atoms with Gasteiger partial charge < -0.3 is 4.90 Å². The monoisotopic (exact) mass is 300 g/mol. The van der Waals surface area contributed by atoms with Gasteiger partial charge in [-0.15, -0.1) is 0 Å². The molecule has 1 amide bonds. The van der Waals surface area contributed by atoms with Crippen molar-refractivity contribution in [2.24, 2.45) is 5.92 Å². The first-order valence-corrected chi connectivity index (χ1v) is 7.83. The Balaban J connectivity index is 1.75. The maximum absolute atomic E-state index is 12.1. The lowest BCUT2D eigenvalue weighted by Crippen LogP contribution is -2.26. The lowest BCUT2D eigenvalue weighted by molar-refractivity contribution is -0.384. The van der Waals surface area contributed by atoms with Gasteiger partial charge in [0.25, 0.3) is 5.69 Å². The van der Waals surface area contributed by atoms with Gasteiger partial charge >= 0.3 is 0 Å². The van der Waals surface area contributed by atoms with Crippen LogP contribution in [0.5, 0.6) is 0 Å². The highest BCUT2D eigenvalue weighted by Gasteiger charge is 2.30.